The highest BCUT2D eigenvalue weighted by atomic mass is 16.6. The third-order valence-electron chi connectivity index (χ3n) is 5.39. The molecule has 0 bridgehead atoms. The van der Waals surface area contributed by atoms with E-state index in [-0.39, 0.29) is 5.75 Å². The van der Waals surface area contributed by atoms with Crippen molar-refractivity contribution >= 4 is 28.5 Å². The average molecular weight is 434 g/mol. The van der Waals surface area contributed by atoms with Gasteiger partial charge in [0.05, 0.1) is 0 Å². The Morgan fingerprint density at radius 2 is 1.66 bits per heavy atom. The van der Waals surface area contributed by atoms with Gasteiger partial charge in [0.2, 0.25) is 0 Å². The fourth-order valence-electron chi connectivity index (χ4n) is 3.73. The number of carbonyl (C=O) groups excluding carboxylic acids is 1. The van der Waals surface area contributed by atoms with Gasteiger partial charge in [0, 0.05) is 28.1 Å². The quantitative estimate of drug-likeness (QED) is 0.363. The maximum Gasteiger partial charge on any atom is 0.412 e. The summed E-state index contributed by atoms with van der Waals surface area (Å²) >= 11 is 0. The molecule has 0 aliphatic carbocycles. The first kappa shape index (κ1) is 22.9. The number of hydrogen-bond donors (Lipinski definition) is 3. The molecule has 32 heavy (non-hydrogen) atoms. The standard InChI is InChI=1S/C26H27NO5/c1-26(2,17-9-8-14-23(29)30)24(32-25(31)27-18-10-4-3-5-11-18)21-15-16-22(28)20-13-7-6-12-19(20)21/h3-8,10-16,24,28H,9,17H2,1-2H3,(H,27,31)(H,29,30)/b14-8+/t24-/m0/s1. The van der Waals surface area contributed by atoms with E-state index in [0.717, 1.165) is 17.0 Å². The first-order valence-electron chi connectivity index (χ1n) is 10.4. The summed E-state index contributed by atoms with van der Waals surface area (Å²) in [6, 6.07) is 19.8. The molecule has 1 atom stereocenters. The number of benzene rings is 3. The summed E-state index contributed by atoms with van der Waals surface area (Å²) in [5.41, 5.74) is 0.860. The Kier molecular flexibility index (Phi) is 7.15. The zero-order valence-electron chi connectivity index (χ0n) is 18.1. The maximum absolute atomic E-state index is 12.8. The van der Waals surface area contributed by atoms with Gasteiger partial charge in [-0.15, -0.1) is 0 Å². The Bertz CT molecular complexity index is 1120. The molecule has 0 heterocycles. The van der Waals surface area contributed by atoms with Crippen molar-refractivity contribution in [1.29, 1.82) is 0 Å². The predicted molar refractivity (Wildman–Crippen MR) is 125 cm³/mol. The molecule has 3 rings (SSSR count). The van der Waals surface area contributed by atoms with Gasteiger partial charge in [-0.2, -0.15) is 0 Å². The highest BCUT2D eigenvalue weighted by Crippen LogP contribution is 2.44. The van der Waals surface area contributed by atoms with Crippen LogP contribution in [0.1, 0.15) is 38.4 Å². The number of aromatic hydroxyl groups is 1. The molecule has 6 heteroatoms. The molecule has 0 aliphatic heterocycles. The van der Waals surface area contributed by atoms with Gasteiger partial charge in [-0.25, -0.2) is 9.59 Å². The number of carbonyl (C=O) groups is 2. The molecule has 3 aromatic carbocycles. The summed E-state index contributed by atoms with van der Waals surface area (Å²) in [4.78, 5) is 23.6. The van der Waals surface area contributed by atoms with Crippen molar-refractivity contribution in [3.05, 3.63) is 84.4 Å². The number of carboxylic acids is 1. The van der Waals surface area contributed by atoms with Crippen LogP contribution in [0, 0.1) is 5.41 Å². The van der Waals surface area contributed by atoms with Crippen LogP contribution in [0.5, 0.6) is 5.75 Å². The number of anilines is 1. The molecule has 0 unspecified atom stereocenters. The lowest BCUT2D eigenvalue weighted by molar-refractivity contribution is -0.131. The Labute approximate surface area is 187 Å². The molecule has 0 fully saturated rings. The molecular formula is C26H27NO5. The van der Waals surface area contributed by atoms with E-state index < -0.39 is 23.6 Å². The molecular weight excluding hydrogens is 406 g/mol. The van der Waals surface area contributed by atoms with E-state index in [1.54, 1.807) is 30.3 Å². The van der Waals surface area contributed by atoms with Crippen molar-refractivity contribution in [1.82, 2.24) is 0 Å². The highest BCUT2D eigenvalue weighted by molar-refractivity contribution is 5.91. The van der Waals surface area contributed by atoms with E-state index >= 15 is 0 Å². The van der Waals surface area contributed by atoms with Gasteiger partial charge in [-0.3, -0.25) is 5.32 Å². The lowest BCUT2D eigenvalue weighted by Crippen LogP contribution is -2.29. The van der Waals surface area contributed by atoms with Gasteiger partial charge in [-0.05, 0) is 36.4 Å². The van der Waals surface area contributed by atoms with Crippen molar-refractivity contribution in [3.63, 3.8) is 0 Å². The number of ether oxygens (including phenoxy) is 1. The van der Waals surface area contributed by atoms with Crippen LogP contribution in [0.2, 0.25) is 0 Å². The molecule has 0 aromatic heterocycles. The molecule has 0 saturated carbocycles. The monoisotopic (exact) mass is 433 g/mol. The van der Waals surface area contributed by atoms with Crippen LogP contribution < -0.4 is 5.32 Å². The Hall–Kier alpha value is -3.80. The summed E-state index contributed by atoms with van der Waals surface area (Å²) in [5, 5.41) is 23.4. The lowest BCUT2D eigenvalue weighted by atomic mass is 9.77. The smallest absolute Gasteiger partial charge is 0.412 e. The number of nitrogens with one attached hydrogen (secondary N) is 1. The van der Waals surface area contributed by atoms with Crippen LogP contribution >= 0.6 is 0 Å². The van der Waals surface area contributed by atoms with E-state index in [1.165, 1.54) is 0 Å². The van der Waals surface area contributed by atoms with Crippen LogP contribution in [0.3, 0.4) is 0 Å². The molecule has 1 amide bonds. The van der Waals surface area contributed by atoms with Gasteiger partial charge in [-0.1, -0.05) is 68.5 Å². The minimum atomic E-state index is -0.998. The Balaban J connectivity index is 1.95. The molecule has 6 nitrogen and oxygen atoms in total. The molecule has 0 saturated heterocycles. The second kappa shape index (κ2) is 10.0. The molecule has 3 N–H and O–H groups in total. The van der Waals surface area contributed by atoms with E-state index in [1.807, 2.05) is 56.3 Å². The van der Waals surface area contributed by atoms with E-state index in [4.69, 9.17) is 9.84 Å². The zero-order chi connectivity index (χ0) is 23.1. The SMILES string of the molecule is CC(C)(CC/C=C/C(=O)O)[C@@H](OC(=O)Nc1ccccc1)c1ccc(O)c2ccccc12. The van der Waals surface area contributed by atoms with Gasteiger partial charge < -0.3 is 14.9 Å². The number of para-hydroxylation sites is 1. The number of amides is 1. The van der Waals surface area contributed by atoms with E-state index in [0.29, 0.717) is 23.9 Å². The number of hydrogen-bond acceptors (Lipinski definition) is 4. The first-order chi connectivity index (χ1) is 15.3. The maximum atomic E-state index is 12.8. The minimum Gasteiger partial charge on any atom is -0.507 e. The predicted octanol–water partition coefficient (Wildman–Crippen LogP) is 6.28. The number of fused-ring (bicyclic) bond motifs is 1. The van der Waals surface area contributed by atoms with Crippen molar-refractivity contribution < 1.29 is 24.5 Å². The summed E-state index contributed by atoms with van der Waals surface area (Å²) in [6.45, 7) is 3.95. The van der Waals surface area contributed by atoms with Crippen LogP contribution in [0.15, 0.2) is 78.9 Å². The number of phenols is 1. The lowest BCUT2D eigenvalue weighted by Gasteiger charge is -2.34. The molecule has 3 aromatic rings. The first-order valence-corrected chi connectivity index (χ1v) is 10.4. The topological polar surface area (TPSA) is 95.9 Å². The normalized spacial score (nSPS) is 12.6. The number of aliphatic carboxylic acids is 1. The van der Waals surface area contributed by atoms with Crippen LogP contribution in [-0.2, 0) is 9.53 Å². The van der Waals surface area contributed by atoms with Crippen LogP contribution in [0.4, 0.5) is 10.5 Å². The van der Waals surface area contributed by atoms with Crippen molar-refractivity contribution in [3.8, 4) is 5.75 Å². The van der Waals surface area contributed by atoms with Gasteiger partial charge >= 0.3 is 12.1 Å². The van der Waals surface area contributed by atoms with E-state index in [2.05, 4.69) is 5.32 Å². The van der Waals surface area contributed by atoms with Gasteiger partial charge in [0.15, 0.2) is 0 Å². The second-order valence-corrected chi connectivity index (χ2v) is 8.26. The Morgan fingerprint density at radius 3 is 2.34 bits per heavy atom. The fraction of sp³-hybridized carbons (Fsp3) is 0.231. The average Bonchev–Trinajstić information content (AvgIpc) is 2.76. The minimum absolute atomic E-state index is 0.152. The van der Waals surface area contributed by atoms with Gasteiger partial charge in [0.25, 0.3) is 0 Å². The summed E-state index contributed by atoms with van der Waals surface area (Å²) in [7, 11) is 0. The summed E-state index contributed by atoms with van der Waals surface area (Å²) in [5.74, 6) is -0.846. The van der Waals surface area contributed by atoms with Gasteiger partial charge in [0.1, 0.15) is 11.9 Å². The van der Waals surface area contributed by atoms with Crippen LogP contribution in [0.25, 0.3) is 10.8 Å². The highest BCUT2D eigenvalue weighted by Gasteiger charge is 2.35. The Morgan fingerprint density at radius 1 is 1.00 bits per heavy atom. The number of phenolic OH excluding ortho intramolecular Hbond substituents is 1. The molecule has 0 radical (unpaired) electrons. The third-order valence-corrected chi connectivity index (χ3v) is 5.39. The van der Waals surface area contributed by atoms with Crippen molar-refractivity contribution in [2.75, 3.05) is 5.32 Å². The fourth-order valence-corrected chi connectivity index (χ4v) is 3.73. The molecule has 166 valence electrons. The van der Waals surface area contributed by atoms with E-state index in [9.17, 15) is 14.7 Å². The van der Waals surface area contributed by atoms with Crippen molar-refractivity contribution in [2.45, 2.75) is 32.8 Å². The molecule has 0 spiro atoms. The number of rotatable bonds is 8. The second-order valence-electron chi connectivity index (χ2n) is 8.26. The number of carboxylic acid groups (broad SMARTS) is 1. The molecule has 0 aliphatic rings. The third kappa shape index (κ3) is 5.66. The van der Waals surface area contributed by atoms with Crippen molar-refractivity contribution in [2.24, 2.45) is 5.41 Å². The number of allylic oxidation sites excluding steroid dienone is 1. The summed E-state index contributed by atoms with van der Waals surface area (Å²) < 4.78 is 5.96. The largest absolute Gasteiger partial charge is 0.507 e. The van der Waals surface area contributed by atoms with Crippen LogP contribution in [-0.4, -0.2) is 22.3 Å². The summed E-state index contributed by atoms with van der Waals surface area (Å²) in [6.07, 6.45) is 2.57. The zero-order valence-corrected chi connectivity index (χ0v) is 18.1.